The Bertz CT molecular complexity index is 1860. The number of morpholine rings is 1. The van der Waals surface area contributed by atoms with Gasteiger partial charge >= 0.3 is 5.76 Å². The number of nitrogens with one attached hydrogen (secondary N) is 2. The average Bonchev–Trinajstić information content (AvgIpc) is 3.45. The Kier molecular flexibility index (Phi) is 9.15. The Labute approximate surface area is 257 Å². The first-order valence-electron chi connectivity index (χ1n) is 13.5. The minimum absolute atomic E-state index is 0.0248. The SMILES string of the molecule is COc1cc(Cl)ccc1S(=O)(=O)NC(c1n[nH]c(=O)o1)C(C)c1c(F)ccc(-c2cncc(C(=O)N3CCOCC3)c2)c1C. The van der Waals surface area contributed by atoms with Gasteiger partial charge in [-0.25, -0.2) is 22.7 Å². The second-order valence-electron chi connectivity index (χ2n) is 10.1. The number of sulfonamides is 1. The van der Waals surface area contributed by atoms with Crippen molar-refractivity contribution in [1.29, 1.82) is 0 Å². The van der Waals surface area contributed by atoms with Crippen molar-refractivity contribution < 1.29 is 31.5 Å². The Hall–Kier alpha value is -4.11. The Balaban J connectivity index is 1.54. The number of aromatic amines is 1. The van der Waals surface area contributed by atoms with Gasteiger partial charge in [0.05, 0.1) is 25.9 Å². The summed E-state index contributed by atoms with van der Waals surface area (Å²) in [7, 11) is -3.07. The maximum absolute atomic E-state index is 15.6. The molecule has 2 N–H and O–H groups in total. The highest BCUT2D eigenvalue weighted by Gasteiger charge is 2.35. The average molecular weight is 646 g/mol. The van der Waals surface area contributed by atoms with Crippen molar-refractivity contribution in [2.45, 2.75) is 30.7 Å². The standard InChI is InChI=1S/C29H29ClFN5O7S/c1-16-21(18-12-19(15-32-14-18)28(37)36-8-10-42-11-9-36)5-6-22(31)25(16)17(2)26(27-33-34-29(38)43-27)35-44(39,40)24-7-4-20(30)13-23(24)41-3/h4-7,12-15,17,26,35H,8-11H2,1-3H3,(H,34,38). The first kappa shape index (κ1) is 31.3. The van der Waals surface area contributed by atoms with Crippen LogP contribution in [-0.2, 0) is 14.8 Å². The number of aromatic nitrogens is 3. The molecule has 15 heteroatoms. The van der Waals surface area contributed by atoms with Crippen LogP contribution in [0.4, 0.5) is 4.39 Å². The predicted molar refractivity (Wildman–Crippen MR) is 158 cm³/mol. The van der Waals surface area contributed by atoms with Gasteiger partial charge in [-0.05, 0) is 47.9 Å². The van der Waals surface area contributed by atoms with Crippen LogP contribution in [0.15, 0.2) is 62.9 Å². The van der Waals surface area contributed by atoms with Gasteiger partial charge in [-0.15, -0.1) is 5.10 Å². The first-order valence-corrected chi connectivity index (χ1v) is 15.4. The van der Waals surface area contributed by atoms with Crippen LogP contribution in [-0.4, -0.2) is 67.8 Å². The lowest BCUT2D eigenvalue weighted by molar-refractivity contribution is 0.0302. The van der Waals surface area contributed by atoms with E-state index in [1.54, 1.807) is 37.1 Å². The largest absolute Gasteiger partial charge is 0.495 e. The molecule has 2 aromatic carbocycles. The maximum Gasteiger partial charge on any atom is 0.434 e. The molecule has 2 unspecified atom stereocenters. The van der Waals surface area contributed by atoms with Gasteiger partial charge in [0.2, 0.25) is 15.9 Å². The van der Waals surface area contributed by atoms with Gasteiger partial charge in [-0.1, -0.05) is 24.6 Å². The molecule has 3 heterocycles. The van der Waals surface area contributed by atoms with E-state index < -0.39 is 33.6 Å². The van der Waals surface area contributed by atoms with Crippen LogP contribution in [0, 0.1) is 12.7 Å². The molecular formula is C29H29ClFN5O7S. The molecule has 5 rings (SSSR count). The lowest BCUT2D eigenvalue weighted by Crippen LogP contribution is -2.40. The number of carbonyl (C=O) groups is 1. The van der Waals surface area contributed by atoms with E-state index in [4.69, 9.17) is 25.5 Å². The minimum atomic E-state index is -4.36. The molecule has 12 nitrogen and oxygen atoms in total. The number of amides is 1. The number of hydrogen-bond donors (Lipinski definition) is 2. The zero-order chi connectivity index (χ0) is 31.6. The molecule has 1 fully saturated rings. The van der Waals surface area contributed by atoms with E-state index in [0.717, 1.165) is 0 Å². The molecule has 0 saturated carbocycles. The molecule has 1 amide bonds. The minimum Gasteiger partial charge on any atom is -0.495 e. The summed E-state index contributed by atoms with van der Waals surface area (Å²) in [6.45, 7) is 5.07. The number of benzene rings is 2. The zero-order valence-electron chi connectivity index (χ0n) is 24.0. The number of hydrogen-bond acceptors (Lipinski definition) is 9. The Morgan fingerprint density at radius 1 is 1.18 bits per heavy atom. The van der Waals surface area contributed by atoms with E-state index in [1.807, 2.05) is 0 Å². The number of methoxy groups -OCH3 is 1. The van der Waals surface area contributed by atoms with Crippen LogP contribution in [0.3, 0.4) is 0 Å². The van der Waals surface area contributed by atoms with Crippen molar-refractivity contribution in [2.24, 2.45) is 0 Å². The van der Waals surface area contributed by atoms with Crippen molar-refractivity contribution >= 4 is 27.5 Å². The summed E-state index contributed by atoms with van der Waals surface area (Å²) in [5.41, 5.74) is 2.09. The lowest BCUT2D eigenvalue weighted by atomic mass is 9.86. The van der Waals surface area contributed by atoms with Crippen molar-refractivity contribution in [2.75, 3.05) is 33.4 Å². The Morgan fingerprint density at radius 3 is 2.61 bits per heavy atom. The van der Waals surface area contributed by atoms with Crippen LogP contribution in [0.1, 0.15) is 46.3 Å². The van der Waals surface area contributed by atoms with Crippen molar-refractivity contribution in [3.63, 3.8) is 0 Å². The summed E-state index contributed by atoms with van der Waals surface area (Å²) in [5, 5.41) is 6.23. The highest BCUT2D eigenvalue weighted by molar-refractivity contribution is 7.89. The topological polar surface area (TPSA) is 157 Å². The highest BCUT2D eigenvalue weighted by Crippen LogP contribution is 2.39. The molecule has 0 bridgehead atoms. The molecule has 0 radical (unpaired) electrons. The van der Waals surface area contributed by atoms with Crippen LogP contribution >= 0.6 is 11.6 Å². The van der Waals surface area contributed by atoms with Gasteiger partial charge in [0.15, 0.2) is 0 Å². The molecule has 1 saturated heterocycles. The fourth-order valence-corrected chi connectivity index (χ4v) is 6.80. The lowest BCUT2D eigenvalue weighted by Gasteiger charge is -2.27. The molecule has 0 aliphatic carbocycles. The second-order valence-corrected chi connectivity index (χ2v) is 12.3. The molecule has 2 atom stereocenters. The van der Waals surface area contributed by atoms with Gasteiger partial charge in [-0.2, -0.15) is 4.72 Å². The molecule has 1 aliphatic heterocycles. The van der Waals surface area contributed by atoms with E-state index in [9.17, 15) is 18.0 Å². The fraction of sp³-hybridized carbons (Fsp3) is 0.310. The highest BCUT2D eigenvalue weighted by atomic mass is 35.5. The molecule has 1 aliphatic rings. The van der Waals surface area contributed by atoms with Crippen LogP contribution in [0.5, 0.6) is 5.75 Å². The third-order valence-corrected chi connectivity index (χ3v) is 9.15. The van der Waals surface area contributed by atoms with Gasteiger partial charge < -0.3 is 18.8 Å². The van der Waals surface area contributed by atoms with Crippen LogP contribution < -0.4 is 15.2 Å². The number of nitrogens with zero attached hydrogens (tertiary/aromatic N) is 3. The zero-order valence-corrected chi connectivity index (χ0v) is 25.5. The second kappa shape index (κ2) is 12.9. The van der Waals surface area contributed by atoms with Crippen LogP contribution in [0.25, 0.3) is 11.1 Å². The third kappa shape index (κ3) is 6.38. The van der Waals surface area contributed by atoms with Crippen molar-refractivity contribution in [3.8, 4) is 16.9 Å². The van der Waals surface area contributed by atoms with E-state index in [0.29, 0.717) is 48.6 Å². The molecular weight excluding hydrogens is 617 g/mol. The molecule has 2 aromatic heterocycles. The number of rotatable bonds is 9. The van der Waals surface area contributed by atoms with E-state index >= 15 is 4.39 Å². The van der Waals surface area contributed by atoms with E-state index in [1.165, 1.54) is 37.6 Å². The molecule has 4 aromatic rings. The van der Waals surface area contributed by atoms with Crippen LogP contribution in [0.2, 0.25) is 5.02 Å². The summed E-state index contributed by atoms with van der Waals surface area (Å²) in [6, 6.07) is 7.13. The summed E-state index contributed by atoms with van der Waals surface area (Å²) in [6.07, 6.45) is 3.03. The summed E-state index contributed by atoms with van der Waals surface area (Å²) >= 11 is 6.02. The normalized spacial score (nSPS) is 15.2. The first-order chi connectivity index (χ1) is 21.0. The number of ether oxygens (including phenoxy) is 2. The summed E-state index contributed by atoms with van der Waals surface area (Å²) in [5.74, 6) is -3.03. The van der Waals surface area contributed by atoms with Gasteiger partial charge in [0, 0.05) is 48.1 Å². The fourth-order valence-electron chi connectivity index (χ4n) is 5.22. The summed E-state index contributed by atoms with van der Waals surface area (Å²) in [4.78, 5) is 30.7. The maximum atomic E-state index is 15.6. The van der Waals surface area contributed by atoms with Crippen molar-refractivity contribution in [1.82, 2.24) is 24.8 Å². The van der Waals surface area contributed by atoms with E-state index in [2.05, 4.69) is 19.9 Å². The van der Waals surface area contributed by atoms with Crippen molar-refractivity contribution in [3.05, 3.63) is 92.8 Å². The molecule has 232 valence electrons. The molecule has 44 heavy (non-hydrogen) atoms. The smallest absolute Gasteiger partial charge is 0.434 e. The number of carbonyl (C=O) groups excluding carboxylic acids is 1. The quantitative estimate of drug-likeness (QED) is 0.276. The number of H-pyrrole nitrogens is 1. The molecule has 0 spiro atoms. The number of halogens is 2. The summed E-state index contributed by atoms with van der Waals surface area (Å²) < 4.78 is 61.0. The van der Waals surface area contributed by atoms with Gasteiger partial charge in [-0.3, -0.25) is 9.78 Å². The van der Waals surface area contributed by atoms with E-state index in [-0.39, 0.29) is 33.0 Å². The number of pyridine rings is 1. The monoisotopic (exact) mass is 645 g/mol. The van der Waals surface area contributed by atoms with Gasteiger partial charge in [0.1, 0.15) is 22.5 Å². The third-order valence-electron chi connectivity index (χ3n) is 7.43. The predicted octanol–water partition coefficient (Wildman–Crippen LogP) is 3.83. The Morgan fingerprint density at radius 2 is 1.93 bits per heavy atom. The van der Waals surface area contributed by atoms with Gasteiger partial charge in [0.25, 0.3) is 5.91 Å².